The fourth-order valence-corrected chi connectivity index (χ4v) is 2.77. The quantitative estimate of drug-likeness (QED) is 0.517. The Bertz CT molecular complexity index is 489. The Labute approximate surface area is 148 Å². The first-order chi connectivity index (χ1) is 11.0. The number of aromatic nitrogens is 1. The number of ether oxygens (including phenoxy) is 1. The van der Waals surface area contributed by atoms with Gasteiger partial charge in [0.15, 0.2) is 5.96 Å². The Balaban J connectivity index is 2.57. The molecular weight excluding hydrogens is 358 g/mol. The minimum atomic E-state index is 0.753. The molecule has 0 aromatic carbocycles. The zero-order chi connectivity index (χ0) is 17.2. The third-order valence-electron chi connectivity index (χ3n) is 3.59. The summed E-state index contributed by atoms with van der Waals surface area (Å²) in [5, 5.41) is 3.36. The minimum absolute atomic E-state index is 0.753. The van der Waals surface area contributed by atoms with Gasteiger partial charge in [-0.3, -0.25) is 4.99 Å². The smallest absolute Gasteiger partial charge is 0.194 e. The summed E-state index contributed by atoms with van der Waals surface area (Å²) in [5.41, 5.74) is 1.24. The summed E-state index contributed by atoms with van der Waals surface area (Å²) >= 11 is 3.52. The Morgan fingerprint density at radius 1 is 1.39 bits per heavy atom. The lowest BCUT2D eigenvalue weighted by atomic mass is 10.4. The molecule has 1 heterocycles. The largest absolute Gasteiger partial charge is 0.383 e. The van der Waals surface area contributed by atoms with Gasteiger partial charge in [-0.05, 0) is 36.0 Å². The first-order valence-corrected chi connectivity index (χ1v) is 8.74. The van der Waals surface area contributed by atoms with Crippen LogP contribution in [0.1, 0.15) is 12.6 Å². The van der Waals surface area contributed by atoms with Crippen LogP contribution < -0.4 is 5.32 Å². The van der Waals surface area contributed by atoms with Crippen LogP contribution in [-0.4, -0.2) is 74.3 Å². The molecule has 0 bridgehead atoms. The molecule has 23 heavy (non-hydrogen) atoms. The molecule has 132 valence electrons. The highest BCUT2D eigenvalue weighted by Gasteiger charge is 2.09. The maximum Gasteiger partial charge on any atom is 0.194 e. The van der Waals surface area contributed by atoms with E-state index in [2.05, 4.69) is 75.9 Å². The molecule has 0 unspecified atom stereocenters. The van der Waals surface area contributed by atoms with Crippen LogP contribution >= 0.6 is 15.9 Å². The van der Waals surface area contributed by atoms with Crippen LogP contribution in [0.2, 0.25) is 0 Å². The van der Waals surface area contributed by atoms with Gasteiger partial charge in [-0.1, -0.05) is 0 Å². The van der Waals surface area contributed by atoms with E-state index >= 15 is 0 Å². The zero-order valence-corrected chi connectivity index (χ0v) is 16.6. The van der Waals surface area contributed by atoms with E-state index in [0.29, 0.717) is 0 Å². The molecule has 0 radical (unpaired) electrons. The van der Waals surface area contributed by atoms with Gasteiger partial charge >= 0.3 is 0 Å². The van der Waals surface area contributed by atoms with Crippen LogP contribution in [0.3, 0.4) is 0 Å². The summed E-state index contributed by atoms with van der Waals surface area (Å²) in [6.07, 6.45) is 2.07. The number of halogens is 1. The number of hydrogen-bond donors (Lipinski definition) is 1. The molecule has 0 aliphatic rings. The Hall–Kier alpha value is -1.05. The molecule has 1 rings (SSSR count). The topological polar surface area (TPSA) is 45.0 Å². The summed E-state index contributed by atoms with van der Waals surface area (Å²) in [5.74, 6) is 0.935. The molecule has 0 amide bonds. The number of methoxy groups -OCH3 is 1. The van der Waals surface area contributed by atoms with E-state index in [-0.39, 0.29) is 0 Å². The first-order valence-electron chi connectivity index (χ1n) is 7.95. The highest BCUT2D eigenvalue weighted by atomic mass is 79.9. The SMILES string of the molecule is CCNC(=NCCN(C)CCOC)N(C)Cc1cc(Br)cn1C. The number of rotatable bonds is 9. The molecular formula is C16H30BrN5O. The third kappa shape index (κ3) is 7.37. The lowest BCUT2D eigenvalue weighted by Crippen LogP contribution is -2.39. The number of hydrogen-bond acceptors (Lipinski definition) is 3. The summed E-state index contributed by atoms with van der Waals surface area (Å²) in [4.78, 5) is 9.10. The molecule has 1 aromatic rings. The van der Waals surface area contributed by atoms with Gasteiger partial charge in [0.2, 0.25) is 0 Å². The van der Waals surface area contributed by atoms with Gasteiger partial charge in [-0.15, -0.1) is 0 Å². The van der Waals surface area contributed by atoms with Gasteiger partial charge in [-0.25, -0.2) is 0 Å². The molecule has 1 aromatic heterocycles. The number of aryl methyl sites for hydroxylation is 1. The predicted molar refractivity (Wildman–Crippen MR) is 99.9 cm³/mol. The monoisotopic (exact) mass is 387 g/mol. The van der Waals surface area contributed by atoms with Crippen LogP contribution in [0.4, 0.5) is 0 Å². The van der Waals surface area contributed by atoms with Crippen molar-refractivity contribution in [3.63, 3.8) is 0 Å². The first kappa shape index (κ1) is 20.0. The standard InChI is InChI=1S/C16H30BrN5O/c1-6-18-16(19-7-8-20(2)9-10-23-5)22(4)13-15-11-14(17)12-21(15)3/h11-12H,6-10,13H2,1-5H3,(H,18,19). The van der Waals surface area contributed by atoms with Crippen molar-refractivity contribution in [1.82, 2.24) is 19.7 Å². The fraction of sp³-hybridized carbons (Fsp3) is 0.688. The van der Waals surface area contributed by atoms with Gasteiger partial charge in [0.05, 0.1) is 19.7 Å². The average molecular weight is 388 g/mol. The molecule has 0 aliphatic carbocycles. The van der Waals surface area contributed by atoms with Crippen LogP contribution in [0.25, 0.3) is 0 Å². The van der Waals surface area contributed by atoms with Crippen molar-refractivity contribution in [2.75, 3.05) is 54.0 Å². The second-order valence-corrected chi connectivity index (χ2v) is 6.56. The minimum Gasteiger partial charge on any atom is -0.383 e. The third-order valence-corrected chi connectivity index (χ3v) is 4.02. The van der Waals surface area contributed by atoms with Crippen molar-refractivity contribution in [2.24, 2.45) is 12.0 Å². The Morgan fingerprint density at radius 3 is 2.70 bits per heavy atom. The number of nitrogens with zero attached hydrogens (tertiary/aromatic N) is 4. The van der Waals surface area contributed by atoms with Crippen molar-refractivity contribution in [3.8, 4) is 0 Å². The molecule has 6 nitrogen and oxygen atoms in total. The van der Waals surface area contributed by atoms with E-state index in [9.17, 15) is 0 Å². The highest BCUT2D eigenvalue weighted by molar-refractivity contribution is 9.10. The maximum absolute atomic E-state index is 5.09. The van der Waals surface area contributed by atoms with Gasteiger partial charge in [0.25, 0.3) is 0 Å². The summed E-state index contributed by atoms with van der Waals surface area (Å²) in [6.45, 7) is 7.13. The van der Waals surface area contributed by atoms with E-state index in [1.165, 1.54) is 5.69 Å². The van der Waals surface area contributed by atoms with Crippen LogP contribution in [0, 0.1) is 0 Å². The van der Waals surface area contributed by atoms with E-state index in [0.717, 1.165) is 49.8 Å². The van der Waals surface area contributed by atoms with Gasteiger partial charge in [0, 0.05) is 57.2 Å². The molecule has 0 saturated heterocycles. The van der Waals surface area contributed by atoms with Gasteiger partial charge in [-0.2, -0.15) is 0 Å². The zero-order valence-electron chi connectivity index (χ0n) is 15.0. The van der Waals surface area contributed by atoms with Crippen molar-refractivity contribution < 1.29 is 4.74 Å². The number of aliphatic imine (C=N–C) groups is 1. The molecule has 7 heteroatoms. The molecule has 0 saturated carbocycles. The van der Waals surface area contributed by atoms with Crippen LogP contribution in [0.15, 0.2) is 21.7 Å². The van der Waals surface area contributed by atoms with Gasteiger partial charge in [0.1, 0.15) is 0 Å². The summed E-state index contributed by atoms with van der Waals surface area (Å²) in [7, 11) is 7.94. The second-order valence-electron chi connectivity index (χ2n) is 5.65. The molecule has 1 N–H and O–H groups in total. The van der Waals surface area contributed by atoms with Crippen molar-refractivity contribution in [3.05, 3.63) is 22.4 Å². The van der Waals surface area contributed by atoms with Crippen molar-refractivity contribution in [1.29, 1.82) is 0 Å². The van der Waals surface area contributed by atoms with E-state index in [4.69, 9.17) is 9.73 Å². The van der Waals surface area contributed by atoms with Gasteiger partial charge < -0.3 is 24.4 Å². The van der Waals surface area contributed by atoms with E-state index in [1.807, 2.05) is 0 Å². The lowest BCUT2D eigenvalue weighted by molar-refractivity contribution is 0.163. The molecule has 0 atom stereocenters. The number of nitrogens with one attached hydrogen (secondary N) is 1. The predicted octanol–water partition coefficient (Wildman–Crippen LogP) is 1.76. The summed E-state index contributed by atoms with van der Waals surface area (Å²) < 4.78 is 8.32. The average Bonchev–Trinajstić information content (AvgIpc) is 2.81. The maximum atomic E-state index is 5.09. The molecule has 0 fully saturated rings. The van der Waals surface area contributed by atoms with Crippen molar-refractivity contribution in [2.45, 2.75) is 13.5 Å². The second kappa shape index (κ2) is 10.7. The van der Waals surface area contributed by atoms with Crippen LogP contribution in [0.5, 0.6) is 0 Å². The van der Waals surface area contributed by atoms with E-state index in [1.54, 1.807) is 7.11 Å². The highest BCUT2D eigenvalue weighted by Crippen LogP contribution is 2.14. The molecule has 0 spiro atoms. The Morgan fingerprint density at radius 2 is 2.13 bits per heavy atom. The Kier molecular flexibility index (Phi) is 9.28. The molecule has 0 aliphatic heterocycles. The van der Waals surface area contributed by atoms with E-state index < -0.39 is 0 Å². The lowest BCUT2D eigenvalue weighted by Gasteiger charge is -2.23. The van der Waals surface area contributed by atoms with Crippen molar-refractivity contribution >= 4 is 21.9 Å². The number of likely N-dealkylation sites (N-methyl/N-ethyl adjacent to an activating group) is 1. The number of guanidine groups is 1. The normalized spacial score (nSPS) is 12.0. The summed E-state index contributed by atoms with van der Waals surface area (Å²) in [6, 6.07) is 2.14. The fourth-order valence-electron chi connectivity index (χ4n) is 2.20. The van der Waals surface area contributed by atoms with Crippen LogP contribution in [-0.2, 0) is 18.3 Å².